The number of nitrogens with zero attached hydrogens (tertiary/aromatic N) is 1. The highest BCUT2D eigenvalue weighted by Crippen LogP contribution is 2.29. The highest BCUT2D eigenvalue weighted by molar-refractivity contribution is 9.10. The predicted octanol–water partition coefficient (Wildman–Crippen LogP) is 3.97. The summed E-state index contributed by atoms with van der Waals surface area (Å²) in [5.74, 6) is 0.00288. The molecule has 5 heteroatoms. The predicted molar refractivity (Wildman–Crippen MR) is 72.3 cm³/mol. The third-order valence-corrected chi connectivity index (χ3v) is 2.96. The van der Waals surface area contributed by atoms with E-state index in [1.807, 2.05) is 13.0 Å². The van der Waals surface area contributed by atoms with E-state index in [4.69, 9.17) is 10.5 Å². The van der Waals surface area contributed by atoms with Crippen LogP contribution in [0.4, 0.5) is 10.1 Å². The van der Waals surface area contributed by atoms with Crippen LogP contribution in [0, 0.1) is 19.7 Å². The molecular weight excluding hydrogens is 299 g/mol. The lowest BCUT2D eigenvalue weighted by Gasteiger charge is -2.10. The number of hydrogen-bond acceptors (Lipinski definition) is 3. The molecule has 0 aliphatic rings. The number of pyridine rings is 1. The van der Waals surface area contributed by atoms with Crippen molar-refractivity contribution in [1.82, 2.24) is 4.98 Å². The van der Waals surface area contributed by atoms with Gasteiger partial charge in [0.25, 0.3) is 0 Å². The van der Waals surface area contributed by atoms with Crippen LogP contribution >= 0.6 is 15.9 Å². The van der Waals surface area contributed by atoms with Crippen molar-refractivity contribution in [2.24, 2.45) is 0 Å². The van der Waals surface area contributed by atoms with Crippen molar-refractivity contribution in [2.75, 3.05) is 5.73 Å². The Bertz CT molecular complexity index is 602. The Kier molecular flexibility index (Phi) is 3.52. The quantitative estimate of drug-likeness (QED) is 0.854. The van der Waals surface area contributed by atoms with Crippen LogP contribution in [0.2, 0.25) is 0 Å². The standard InChI is InChI=1S/C13H12BrFN2O/c1-7-4-12(10(15)5-11(7)16)18-13-8(2)3-9(14)6-17-13/h3-6H,16H2,1-2H3. The maximum absolute atomic E-state index is 13.7. The Balaban J connectivity index is 2.37. The molecule has 3 nitrogen and oxygen atoms in total. The maximum Gasteiger partial charge on any atom is 0.222 e. The van der Waals surface area contributed by atoms with Crippen molar-refractivity contribution < 1.29 is 9.13 Å². The minimum atomic E-state index is -0.498. The zero-order chi connectivity index (χ0) is 13.3. The molecule has 0 aliphatic heterocycles. The summed E-state index contributed by atoms with van der Waals surface area (Å²) >= 11 is 3.31. The van der Waals surface area contributed by atoms with Gasteiger partial charge in [-0.3, -0.25) is 0 Å². The van der Waals surface area contributed by atoms with Crippen molar-refractivity contribution in [3.8, 4) is 11.6 Å². The van der Waals surface area contributed by atoms with Gasteiger partial charge in [-0.05, 0) is 47.5 Å². The number of nitrogen functional groups attached to an aromatic ring is 1. The van der Waals surface area contributed by atoms with Gasteiger partial charge in [-0.15, -0.1) is 0 Å². The second-order valence-corrected chi connectivity index (χ2v) is 4.93. The molecule has 0 bridgehead atoms. The molecule has 0 atom stereocenters. The Morgan fingerprint density at radius 2 is 1.94 bits per heavy atom. The molecule has 2 N–H and O–H groups in total. The molecule has 18 heavy (non-hydrogen) atoms. The van der Waals surface area contributed by atoms with Crippen LogP contribution in [0.5, 0.6) is 11.6 Å². The van der Waals surface area contributed by atoms with Gasteiger partial charge in [-0.1, -0.05) is 0 Å². The Labute approximate surface area is 113 Å². The van der Waals surface area contributed by atoms with E-state index in [0.717, 1.165) is 15.6 Å². The van der Waals surface area contributed by atoms with E-state index in [9.17, 15) is 4.39 Å². The SMILES string of the molecule is Cc1cc(Oc2ncc(Br)cc2C)c(F)cc1N. The molecule has 0 amide bonds. The Morgan fingerprint density at radius 1 is 1.22 bits per heavy atom. The molecule has 0 aliphatic carbocycles. The fourth-order valence-electron chi connectivity index (χ4n) is 1.49. The lowest BCUT2D eigenvalue weighted by atomic mass is 10.2. The second-order valence-electron chi connectivity index (χ2n) is 4.02. The van der Waals surface area contributed by atoms with Gasteiger partial charge in [-0.25, -0.2) is 9.37 Å². The zero-order valence-corrected chi connectivity index (χ0v) is 11.6. The Hall–Kier alpha value is -1.62. The summed E-state index contributed by atoms with van der Waals surface area (Å²) in [5, 5.41) is 0. The summed E-state index contributed by atoms with van der Waals surface area (Å²) in [7, 11) is 0. The molecule has 1 aromatic carbocycles. The highest BCUT2D eigenvalue weighted by Gasteiger charge is 2.10. The molecule has 0 saturated heterocycles. The van der Waals surface area contributed by atoms with Gasteiger partial charge in [0, 0.05) is 28.0 Å². The van der Waals surface area contributed by atoms with Crippen LogP contribution in [0.1, 0.15) is 11.1 Å². The molecule has 1 aromatic heterocycles. The van der Waals surface area contributed by atoms with Crippen molar-refractivity contribution in [3.05, 3.63) is 45.8 Å². The lowest BCUT2D eigenvalue weighted by Crippen LogP contribution is -1.97. The first kappa shape index (κ1) is 12.8. The van der Waals surface area contributed by atoms with E-state index < -0.39 is 5.82 Å². The molecule has 0 spiro atoms. The summed E-state index contributed by atoms with van der Waals surface area (Å²) in [6.07, 6.45) is 1.60. The fraction of sp³-hybridized carbons (Fsp3) is 0.154. The number of benzene rings is 1. The van der Waals surface area contributed by atoms with Gasteiger partial charge in [0.15, 0.2) is 11.6 Å². The monoisotopic (exact) mass is 310 g/mol. The Morgan fingerprint density at radius 3 is 2.61 bits per heavy atom. The molecule has 94 valence electrons. The molecule has 0 saturated carbocycles. The van der Waals surface area contributed by atoms with E-state index >= 15 is 0 Å². The molecule has 0 unspecified atom stereocenters. The van der Waals surface area contributed by atoms with Crippen LogP contribution in [0.3, 0.4) is 0 Å². The van der Waals surface area contributed by atoms with Crippen molar-refractivity contribution >= 4 is 21.6 Å². The number of nitrogens with two attached hydrogens (primary N) is 1. The van der Waals surface area contributed by atoms with Gasteiger partial charge in [-0.2, -0.15) is 0 Å². The van der Waals surface area contributed by atoms with Crippen molar-refractivity contribution in [3.63, 3.8) is 0 Å². The van der Waals surface area contributed by atoms with E-state index in [0.29, 0.717) is 11.6 Å². The second kappa shape index (κ2) is 4.94. The normalized spacial score (nSPS) is 10.4. The highest BCUT2D eigenvalue weighted by atomic mass is 79.9. The minimum Gasteiger partial charge on any atom is -0.436 e. The maximum atomic E-state index is 13.7. The van der Waals surface area contributed by atoms with Gasteiger partial charge < -0.3 is 10.5 Å². The third-order valence-electron chi connectivity index (χ3n) is 2.52. The lowest BCUT2D eigenvalue weighted by molar-refractivity contribution is 0.424. The topological polar surface area (TPSA) is 48.1 Å². The average Bonchev–Trinajstić information content (AvgIpc) is 2.29. The van der Waals surface area contributed by atoms with Crippen molar-refractivity contribution in [1.29, 1.82) is 0 Å². The zero-order valence-electron chi connectivity index (χ0n) is 10.00. The first-order valence-electron chi connectivity index (χ1n) is 5.33. The van der Waals surface area contributed by atoms with E-state index in [-0.39, 0.29) is 5.75 Å². The molecule has 1 heterocycles. The van der Waals surface area contributed by atoms with E-state index in [1.54, 1.807) is 19.2 Å². The number of aromatic nitrogens is 1. The van der Waals surface area contributed by atoms with Gasteiger partial charge in [0.2, 0.25) is 5.88 Å². The molecule has 0 fully saturated rings. The summed E-state index contributed by atoms with van der Waals surface area (Å²) in [6, 6.07) is 4.66. The van der Waals surface area contributed by atoms with Gasteiger partial charge >= 0.3 is 0 Å². The van der Waals surface area contributed by atoms with Gasteiger partial charge in [0.05, 0.1) is 0 Å². The molecule has 2 aromatic rings. The third kappa shape index (κ3) is 2.61. The summed E-state index contributed by atoms with van der Waals surface area (Å²) < 4.78 is 20.0. The average molecular weight is 311 g/mol. The largest absolute Gasteiger partial charge is 0.436 e. The number of halogens is 2. The number of ether oxygens (including phenoxy) is 1. The number of hydrogen-bond donors (Lipinski definition) is 1. The first-order chi connectivity index (χ1) is 8.47. The molecule has 0 radical (unpaired) electrons. The van der Waals surface area contributed by atoms with E-state index in [2.05, 4.69) is 20.9 Å². The van der Waals surface area contributed by atoms with Gasteiger partial charge in [0.1, 0.15) is 0 Å². The van der Waals surface area contributed by atoms with Crippen LogP contribution in [0.25, 0.3) is 0 Å². The molecule has 2 rings (SSSR count). The summed E-state index contributed by atoms with van der Waals surface area (Å²) in [6.45, 7) is 3.64. The fourth-order valence-corrected chi connectivity index (χ4v) is 1.93. The number of rotatable bonds is 2. The molecular formula is C13H12BrFN2O. The summed E-state index contributed by atoms with van der Waals surface area (Å²) in [5.41, 5.74) is 7.60. The van der Waals surface area contributed by atoms with Crippen molar-refractivity contribution in [2.45, 2.75) is 13.8 Å². The van der Waals surface area contributed by atoms with Crippen LogP contribution < -0.4 is 10.5 Å². The first-order valence-corrected chi connectivity index (χ1v) is 6.12. The van der Waals surface area contributed by atoms with E-state index in [1.165, 1.54) is 6.07 Å². The number of aryl methyl sites for hydroxylation is 2. The van der Waals surface area contributed by atoms with Crippen LogP contribution in [-0.4, -0.2) is 4.98 Å². The minimum absolute atomic E-state index is 0.125. The van der Waals surface area contributed by atoms with Crippen LogP contribution in [0.15, 0.2) is 28.9 Å². The number of anilines is 1. The summed E-state index contributed by atoms with van der Waals surface area (Å²) in [4.78, 5) is 4.10. The van der Waals surface area contributed by atoms with Crippen LogP contribution in [-0.2, 0) is 0 Å². The smallest absolute Gasteiger partial charge is 0.222 e.